The number of carbonyl (C=O) groups excluding carboxylic acids is 1. The van der Waals surface area contributed by atoms with E-state index in [4.69, 9.17) is 0 Å². The number of hydrogen-bond donors (Lipinski definition) is 5. The first-order valence-electron chi connectivity index (χ1n) is 13.1. The molecular weight excluding hydrogens is 492 g/mol. The zero-order chi connectivity index (χ0) is 26.3. The fraction of sp³-hybridized carbons (Fsp3) is 0.560. The normalized spacial score (nSPS) is 15.1. The molecule has 11 nitrogen and oxygen atoms in total. The van der Waals surface area contributed by atoms with E-state index in [1.54, 1.807) is 0 Å². The SMILES string of the molecule is CCN(CC)CCCS(=O)(=O)N[C@H](Cc1c[nH]c2ccccc12)c1n[nH]c(CNC(=O)NC2CCC2)n1. The molecule has 5 N–H and O–H groups in total. The molecule has 0 radical (unpaired) electrons. The van der Waals surface area contributed by atoms with Crippen molar-refractivity contribution in [2.45, 2.75) is 64.6 Å². The van der Waals surface area contributed by atoms with E-state index in [1.165, 1.54) is 0 Å². The Kier molecular flexibility index (Phi) is 9.17. The van der Waals surface area contributed by atoms with Gasteiger partial charge in [-0.05, 0) is 63.4 Å². The third-order valence-electron chi connectivity index (χ3n) is 6.92. The summed E-state index contributed by atoms with van der Waals surface area (Å²) < 4.78 is 28.9. The van der Waals surface area contributed by atoms with Crippen LogP contribution >= 0.6 is 0 Å². The largest absolute Gasteiger partial charge is 0.361 e. The smallest absolute Gasteiger partial charge is 0.315 e. The Hall–Kier alpha value is -2.96. The van der Waals surface area contributed by atoms with Crippen LogP contribution in [0.3, 0.4) is 0 Å². The Labute approximate surface area is 218 Å². The van der Waals surface area contributed by atoms with Gasteiger partial charge in [0, 0.05) is 23.1 Å². The second-order valence-electron chi connectivity index (χ2n) is 9.53. The van der Waals surface area contributed by atoms with Crippen LogP contribution in [0.25, 0.3) is 10.9 Å². The molecule has 1 fully saturated rings. The van der Waals surface area contributed by atoms with Crippen LogP contribution in [0.15, 0.2) is 30.5 Å². The fourth-order valence-electron chi connectivity index (χ4n) is 4.50. The lowest BCUT2D eigenvalue weighted by atomic mass is 9.93. The van der Waals surface area contributed by atoms with Gasteiger partial charge in [-0.15, -0.1) is 0 Å². The van der Waals surface area contributed by atoms with E-state index >= 15 is 0 Å². The predicted octanol–water partition coefficient (Wildman–Crippen LogP) is 2.57. The first kappa shape index (κ1) is 27.1. The third-order valence-corrected chi connectivity index (χ3v) is 8.39. The van der Waals surface area contributed by atoms with Crippen LogP contribution in [0.5, 0.6) is 0 Å². The van der Waals surface area contributed by atoms with Gasteiger partial charge < -0.3 is 20.5 Å². The van der Waals surface area contributed by atoms with Crippen LogP contribution in [0, 0.1) is 0 Å². The molecule has 37 heavy (non-hydrogen) atoms. The lowest BCUT2D eigenvalue weighted by Crippen LogP contribution is -2.44. The molecule has 0 saturated heterocycles. The molecule has 1 aromatic carbocycles. The van der Waals surface area contributed by atoms with E-state index in [0.29, 0.717) is 24.5 Å². The lowest BCUT2D eigenvalue weighted by molar-refractivity contribution is 0.228. The number of urea groups is 1. The lowest BCUT2D eigenvalue weighted by Gasteiger charge is -2.26. The molecule has 1 aliphatic rings. The number of sulfonamides is 1. The van der Waals surface area contributed by atoms with Crippen molar-refractivity contribution >= 4 is 27.0 Å². The highest BCUT2D eigenvalue weighted by Gasteiger charge is 2.25. The molecule has 2 aromatic heterocycles. The van der Waals surface area contributed by atoms with E-state index in [2.05, 4.69) is 54.3 Å². The number of nitrogens with one attached hydrogen (secondary N) is 5. The van der Waals surface area contributed by atoms with Crippen molar-refractivity contribution in [3.05, 3.63) is 47.7 Å². The molecule has 3 aromatic rings. The number of carbonyl (C=O) groups is 1. The van der Waals surface area contributed by atoms with Crippen LogP contribution in [0.2, 0.25) is 0 Å². The van der Waals surface area contributed by atoms with Gasteiger partial charge in [0.1, 0.15) is 5.82 Å². The predicted molar refractivity (Wildman–Crippen MR) is 143 cm³/mol. The molecule has 0 unspecified atom stereocenters. The first-order chi connectivity index (χ1) is 17.9. The number of fused-ring (bicyclic) bond motifs is 1. The Bertz CT molecular complexity index is 1260. The minimum atomic E-state index is -3.58. The summed E-state index contributed by atoms with van der Waals surface area (Å²) in [6.07, 6.45) is 5.96. The maximum atomic E-state index is 13.1. The molecule has 4 rings (SSSR count). The van der Waals surface area contributed by atoms with Crippen LogP contribution < -0.4 is 15.4 Å². The minimum Gasteiger partial charge on any atom is -0.361 e. The molecule has 0 spiro atoms. The van der Waals surface area contributed by atoms with Gasteiger partial charge in [0.2, 0.25) is 10.0 Å². The minimum absolute atomic E-state index is 0.0219. The number of aromatic nitrogens is 4. The standard InChI is InChI=1S/C25H38N8O3S/c1-3-33(4-2)13-8-14-37(35,36)32-22(15-18-16-26-21-12-6-5-11-20(18)21)24-29-23(30-31-24)17-27-25(34)28-19-9-7-10-19/h5-6,11-12,16,19,22,26,32H,3-4,7-10,13-15,17H2,1-2H3,(H2,27,28,34)(H,29,30,31)/t22-/m1/s1. The maximum absolute atomic E-state index is 13.1. The summed E-state index contributed by atoms with van der Waals surface area (Å²) in [6, 6.07) is 7.23. The highest BCUT2D eigenvalue weighted by molar-refractivity contribution is 7.89. The number of rotatable bonds is 14. The summed E-state index contributed by atoms with van der Waals surface area (Å²) >= 11 is 0. The first-order valence-corrected chi connectivity index (χ1v) is 14.7. The van der Waals surface area contributed by atoms with Gasteiger partial charge in [-0.2, -0.15) is 5.10 Å². The van der Waals surface area contributed by atoms with Crippen LogP contribution in [0.1, 0.15) is 62.8 Å². The van der Waals surface area contributed by atoms with Crippen molar-refractivity contribution < 1.29 is 13.2 Å². The highest BCUT2D eigenvalue weighted by Crippen LogP contribution is 2.24. The van der Waals surface area contributed by atoms with Gasteiger partial charge in [-0.3, -0.25) is 5.10 Å². The van der Waals surface area contributed by atoms with Crippen molar-refractivity contribution in [2.24, 2.45) is 0 Å². The Morgan fingerprint density at radius 3 is 2.73 bits per heavy atom. The van der Waals surface area contributed by atoms with Crippen molar-refractivity contribution in [3.63, 3.8) is 0 Å². The van der Waals surface area contributed by atoms with Crippen molar-refractivity contribution in [1.29, 1.82) is 0 Å². The maximum Gasteiger partial charge on any atom is 0.315 e. The van der Waals surface area contributed by atoms with Gasteiger partial charge in [0.15, 0.2) is 5.82 Å². The number of benzene rings is 1. The van der Waals surface area contributed by atoms with E-state index in [0.717, 1.165) is 55.4 Å². The summed E-state index contributed by atoms with van der Waals surface area (Å²) in [5.41, 5.74) is 1.95. The number of aromatic amines is 2. The highest BCUT2D eigenvalue weighted by atomic mass is 32.2. The molecule has 1 saturated carbocycles. The number of para-hydroxylation sites is 1. The summed E-state index contributed by atoms with van der Waals surface area (Å²) in [5.74, 6) is 0.825. The van der Waals surface area contributed by atoms with Crippen LogP contribution in [0.4, 0.5) is 4.79 Å². The second-order valence-corrected chi connectivity index (χ2v) is 11.4. The zero-order valence-electron chi connectivity index (χ0n) is 21.6. The summed E-state index contributed by atoms with van der Waals surface area (Å²) in [7, 11) is -3.58. The molecule has 202 valence electrons. The van der Waals surface area contributed by atoms with E-state index in [-0.39, 0.29) is 24.4 Å². The summed E-state index contributed by atoms with van der Waals surface area (Å²) in [4.78, 5) is 22.1. The number of hydrogen-bond acceptors (Lipinski definition) is 6. The van der Waals surface area contributed by atoms with Gasteiger partial charge in [0.05, 0.1) is 18.3 Å². The third kappa shape index (κ3) is 7.53. The summed E-state index contributed by atoms with van der Waals surface area (Å²) in [6.45, 7) is 6.81. The molecule has 1 atom stereocenters. The van der Waals surface area contributed by atoms with Crippen molar-refractivity contribution in [2.75, 3.05) is 25.4 Å². The van der Waals surface area contributed by atoms with Gasteiger partial charge in [0.25, 0.3) is 0 Å². The second kappa shape index (κ2) is 12.5. The Morgan fingerprint density at radius 2 is 2.00 bits per heavy atom. The van der Waals surface area contributed by atoms with Crippen LogP contribution in [-0.2, 0) is 23.0 Å². The van der Waals surface area contributed by atoms with Crippen molar-refractivity contribution in [1.82, 2.24) is 40.4 Å². The Balaban J connectivity index is 1.45. The molecule has 2 amide bonds. The van der Waals surface area contributed by atoms with E-state index in [1.807, 2.05) is 30.5 Å². The van der Waals surface area contributed by atoms with Gasteiger partial charge in [-0.1, -0.05) is 32.0 Å². The topological polar surface area (TPSA) is 148 Å². The molecule has 2 heterocycles. The van der Waals surface area contributed by atoms with Crippen LogP contribution in [-0.4, -0.2) is 70.9 Å². The Morgan fingerprint density at radius 1 is 1.22 bits per heavy atom. The average molecular weight is 531 g/mol. The van der Waals surface area contributed by atoms with E-state index < -0.39 is 16.1 Å². The number of nitrogens with zero attached hydrogens (tertiary/aromatic N) is 3. The number of amides is 2. The molecule has 0 aliphatic heterocycles. The number of H-pyrrole nitrogens is 2. The monoisotopic (exact) mass is 530 g/mol. The molecule has 0 bridgehead atoms. The molecule has 12 heteroatoms. The average Bonchev–Trinajstić information content (AvgIpc) is 3.50. The quantitative estimate of drug-likeness (QED) is 0.216. The van der Waals surface area contributed by atoms with E-state index in [9.17, 15) is 13.2 Å². The van der Waals surface area contributed by atoms with Gasteiger partial charge >= 0.3 is 6.03 Å². The van der Waals surface area contributed by atoms with Gasteiger partial charge in [-0.25, -0.2) is 22.9 Å². The summed E-state index contributed by atoms with van der Waals surface area (Å²) in [5, 5.41) is 13.9. The molecule has 1 aliphatic carbocycles. The molecular formula is C25H38N8O3S. The zero-order valence-corrected chi connectivity index (χ0v) is 22.4. The van der Waals surface area contributed by atoms with Crippen molar-refractivity contribution in [3.8, 4) is 0 Å². The fourth-order valence-corrected chi connectivity index (χ4v) is 5.75.